The van der Waals surface area contributed by atoms with E-state index in [0.29, 0.717) is 34.1 Å². The molecule has 1 aromatic heterocycles. The molecule has 0 aliphatic carbocycles. The Bertz CT molecular complexity index is 1150. The Kier molecular flexibility index (Phi) is 5.19. The van der Waals surface area contributed by atoms with Crippen LogP contribution in [-0.2, 0) is 0 Å². The lowest BCUT2D eigenvalue weighted by molar-refractivity contribution is 0.0734. The highest BCUT2D eigenvalue weighted by atomic mass is 16.5. The van der Waals surface area contributed by atoms with Crippen molar-refractivity contribution in [3.63, 3.8) is 0 Å². The minimum Gasteiger partial charge on any atom is -0.452 e. The third-order valence-corrected chi connectivity index (χ3v) is 4.97. The number of pyridine rings is 1. The number of fused-ring (bicyclic) bond motifs is 1. The Morgan fingerprint density at radius 1 is 1.07 bits per heavy atom. The predicted molar refractivity (Wildman–Crippen MR) is 114 cm³/mol. The lowest BCUT2D eigenvalue weighted by Gasteiger charge is -2.07. The molecule has 0 radical (unpaired) electrons. The van der Waals surface area contributed by atoms with E-state index in [9.17, 15) is 9.59 Å². The van der Waals surface area contributed by atoms with E-state index in [1.165, 1.54) is 18.0 Å². The van der Waals surface area contributed by atoms with E-state index in [1.807, 2.05) is 24.3 Å². The molecule has 3 aromatic rings. The standard InChI is InChI=1S/C25H21NO4/c1-15(2)18-6-4-17(5-7-18)13-22-24(27)23-16(3)12-20(14-21(23)30-22)29-25(28)19-8-10-26-11-9-19/h4-15H,1-3H3/b22-13-. The van der Waals surface area contributed by atoms with Crippen LogP contribution in [0, 0.1) is 6.92 Å². The molecule has 2 aromatic carbocycles. The summed E-state index contributed by atoms with van der Waals surface area (Å²) in [5, 5.41) is 0. The fourth-order valence-corrected chi connectivity index (χ4v) is 3.32. The number of hydrogen-bond acceptors (Lipinski definition) is 5. The molecule has 5 heteroatoms. The zero-order valence-electron chi connectivity index (χ0n) is 17.0. The van der Waals surface area contributed by atoms with Crippen LogP contribution in [0.15, 0.2) is 66.7 Å². The summed E-state index contributed by atoms with van der Waals surface area (Å²) in [5.74, 6) is 0.731. The molecule has 150 valence electrons. The maximum absolute atomic E-state index is 12.8. The van der Waals surface area contributed by atoms with Gasteiger partial charge in [-0.05, 0) is 53.8 Å². The van der Waals surface area contributed by atoms with E-state index < -0.39 is 5.97 Å². The summed E-state index contributed by atoms with van der Waals surface area (Å²) in [6.45, 7) is 6.06. The average molecular weight is 399 g/mol. The van der Waals surface area contributed by atoms with Crippen LogP contribution in [0.25, 0.3) is 6.08 Å². The van der Waals surface area contributed by atoms with Gasteiger partial charge < -0.3 is 9.47 Å². The first-order valence-corrected chi connectivity index (χ1v) is 9.73. The molecule has 0 atom stereocenters. The van der Waals surface area contributed by atoms with Crippen LogP contribution in [0.4, 0.5) is 0 Å². The van der Waals surface area contributed by atoms with E-state index in [4.69, 9.17) is 9.47 Å². The van der Waals surface area contributed by atoms with Crippen molar-refractivity contribution in [3.8, 4) is 11.5 Å². The van der Waals surface area contributed by atoms with Gasteiger partial charge in [0.05, 0.1) is 11.1 Å². The van der Waals surface area contributed by atoms with Gasteiger partial charge in [0, 0.05) is 18.5 Å². The molecule has 2 heterocycles. The molecule has 0 saturated carbocycles. The summed E-state index contributed by atoms with van der Waals surface area (Å²) in [7, 11) is 0. The molecular weight excluding hydrogens is 378 g/mol. The largest absolute Gasteiger partial charge is 0.452 e. The SMILES string of the molecule is Cc1cc(OC(=O)c2ccncc2)cc2c1C(=O)/C(=C/c1ccc(C(C)C)cc1)O2. The number of carbonyl (C=O) groups excluding carboxylic acids is 2. The molecule has 0 N–H and O–H groups in total. The van der Waals surface area contributed by atoms with Crippen molar-refractivity contribution in [2.75, 3.05) is 0 Å². The first-order chi connectivity index (χ1) is 14.4. The first-order valence-electron chi connectivity index (χ1n) is 9.73. The van der Waals surface area contributed by atoms with Crippen LogP contribution in [0.3, 0.4) is 0 Å². The predicted octanol–water partition coefficient (Wildman–Crippen LogP) is 5.35. The molecular formula is C25H21NO4. The Morgan fingerprint density at radius 3 is 2.43 bits per heavy atom. The Hall–Kier alpha value is -3.73. The van der Waals surface area contributed by atoms with Crippen molar-refractivity contribution >= 4 is 17.8 Å². The molecule has 0 spiro atoms. The first kappa shape index (κ1) is 19.6. The minimum absolute atomic E-state index is 0.178. The lowest BCUT2D eigenvalue weighted by Crippen LogP contribution is -2.08. The number of ketones is 1. The van der Waals surface area contributed by atoms with Gasteiger partial charge in [-0.2, -0.15) is 0 Å². The smallest absolute Gasteiger partial charge is 0.343 e. The Labute approximate surface area is 175 Å². The number of hydrogen-bond donors (Lipinski definition) is 0. The summed E-state index contributed by atoms with van der Waals surface area (Å²) in [6.07, 6.45) is 4.78. The minimum atomic E-state index is -0.498. The van der Waals surface area contributed by atoms with Crippen LogP contribution in [0.1, 0.15) is 57.2 Å². The van der Waals surface area contributed by atoms with Gasteiger partial charge in [0.25, 0.3) is 0 Å². The molecule has 1 aliphatic rings. The van der Waals surface area contributed by atoms with Crippen molar-refractivity contribution in [1.82, 2.24) is 4.98 Å². The number of Topliss-reactive ketones (excluding diaryl/α,β-unsaturated/α-hetero) is 1. The van der Waals surface area contributed by atoms with Gasteiger partial charge in [-0.25, -0.2) is 4.79 Å². The zero-order valence-corrected chi connectivity index (χ0v) is 17.0. The van der Waals surface area contributed by atoms with E-state index in [1.54, 1.807) is 37.3 Å². The van der Waals surface area contributed by atoms with Gasteiger partial charge in [-0.1, -0.05) is 38.1 Å². The Balaban J connectivity index is 1.58. The van der Waals surface area contributed by atoms with Gasteiger partial charge in [0.1, 0.15) is 11.5 Å². The van der Waals surface area contributed by atoms with Gasteiger partial charge in [0.2, 0.25) is 5.78 Å². The van der Waals surface area contributed by atoms with E-state index in [0.717, 1.165) is 5.56 Å². The second kappa shape index (κ2) is 7.95. The Morgan fingerprint density at radius 2 is 1.77 bits per heavy atom. The van der Waals surface area contributed by atoms with Crippen molar-refractivity contribution in [2.24, 2.45) is 0 Å². The van der Waals surface area contributed by atoms with Crippen molar-refractivity contribution in [1.29, 1.82) is 0 Å². The number of aromatic nitrogens is 1. The molecule has 0 fully saturated rings. The number of esters is 1. The van der Waals surface area contributed by atoms with E-state index >= 15 is 0 Å². The normalized spacial score (nSPS) is 14.0. The fourth-order valence-electron chi connectivity index (χ4n) is 3.32. The van der Waals surface area contributed by atoms with Crippen molar-refractivity contribution < 1.29 is 19.1 Å². The molecule has 0 amide bonds. The summed E-state index contributed by atoms with van der Waals surface area (Å²) in [6, 6.07) is 14.4. The summed E-state index contributed by atoms with van der Waals surface area (Å²) >= 11 is 0. The summed E-state index contributed by atoms with van der Waals surface area (Å²) in [5.41, 5.74) is 3.69. The topological polar surface area (TPSA) is 65.5 Å². The zero-order chi connectivity index (χ0) is 21.3. The second-order valence-electron chi connectivity index (χ2n) is 7.50. The monoisotopic (exact) mass is 399 g/mol. The number of ether oxygens (including phenoxy) is 2. The number of allylic oxidation sites excluding steroid dienone is 1. The lowest BCUT2D eigenvalue weighted by atomic mass is 10.0. The molecule has 0 saturated heterocycles. The maximum Gasteiger partial charge on any atom is 0.343 e. The summed E-state index contributed by atoms with van der Waals surface area (Å²) < 4.78 is 11.3. The highest BCUT2D eigenvalue weighted by molar-refractivity contribution is 6.15. The van der Waals surface area contributed by atoms with Crippen molar-refractivity contribution in [2.45, 2.75) is 26.7 Å². The maximum atomic E-state index is 12.8. The quantitative estimate of drug-likeness (QED) is 0.336. The molecule has 0 bridgehead atoms. The summed E-state index contributed by atoms with van der Waals surface area (Å²) in [4.78, 5) is 29.0. The third-order valence-electron chi connectivity index (χ3n) is 4.97. The van der Waals surface area contributed by atoms with E-state index in [-0.39, 0.29) is 11.5 Å². The van der Waals surface area contributed by atoms with Gasteiger partial charge >= 0.3 is 5.97 Å². The highest BCUT2D eigenvalue weighted by Crippen LogP contribution is 2.37. The molecule has 30 heavy (non-hydrogen) atoms. The van der Waals surface area contributed by atoms with Crippen molar-refractivity contribution in [3.05, 3.63) is 94.5 Å². The van der Waals surface area contributed by atoms with Gasteiger partial charge in [0.15, 0.2) is 5.76 Å². The second-order valence-corrected chi connectivity index (χ2v) is 7.50. The van der Waals surface area contributed by atoms with Crippen LogP contribution in [0.2, 0.25) is 0 Å². The highest BCUT2D eigenvalue weighted by Gasteiger charge is 2.30. The van der Waals surface area contributed by atoms with Crippen LogP contribution in [0.5, 0.6) is 11.5 Å². The van der Waals surface area contributed by atoms with Gasteiger partial charge in [-0.15, -0.1) is 0 Å². The molecule has 1 aliphatic heterocycles. The average Bonchev–Trinajstić information content (AvgIpc) is 3.04. The van der Waals surface area contributed by atoms with Crippen LogP contribution in [-0.4, -0.2) is 16.7 Å². The molecule has 0 unspecified atom stereocenters. The third kappa shape index (κ3) is 3.87. The number of aryl methyl sites for hydroxylation is 1. The number of benzene rings is 2. The van der Waals surface area contributed by atoms with Crippen LogP contribution >= 0.6 is 0 Å². The molecule has 5 nitrogen and oxygen atoms in total. The van der Waals surface area contributed by atoms with E-state index in [2.05, 4.69) is 18.8 Å². The number of nitrogens with zero attached hydrogens (tertiary/aromatic N) is 1. The van der Waals surface area contributed by atoms with Crippen LogP contribution < -0.4 is 9.47 Å². The van der Waals surface area contributed by atoms with Gasteiger partial charge in [-0.3, -0.25) is 9.78 Å². The number of carbonyl (C=O) groups is 2. The number of rotatable bonds is 4. The fraction of sp³-hybridized carbons (Fsp3) is 0.160. The molecule has 4 rings (SSSR count).